The number of hydrogen-bond donors (Lipinski definition) is 2. The zero-order chi connectivity index (χ0) is 29.4. The van der Waals surface area contributed by atoms with E-state index in [0.717, 1.165) is 10.9 Å². The number of primary amides is 1. The molecule has 0 unspecified atom stereocenters. The minimum atomic E-state index is -0.719. The van der Waals surface area contributed by atoms with E-state index < -0.39 is 5.91 Å². The van der Waals surface area contributed by atoms with Crippen molar-refractivity contribution in [1.29, 1.82) is 0 Å². The molecular formula is C31H35N3O5. The van der Waals surface area contributed by atoms with E-state index in [9.17, 15) is 19.4 Å². The van der Waals surface area contributed by atoms with Crippen LogP contribution in [0.5, 0.6) is 5.75 Å². The van der Waals surface area contributed by atoms with Crippen LogP contribution >= 0.6 is 0 Å². The predicted octanol–water partition coefficient (Wildman–Crippen LogP) is 8.56. The maximum atomic E-state index is 11.6. The largest absolute Gasteiger partial charge is 0.508 e. The van der Waals surface area contributed by atoms with Gasteiger partial charge in [-0.25, -0.2) is 0 Å². The number of Topliss-reactive ketones (excluding diaryl/α,β-unsaturated/α-hetero) is 1. The van der Waals surface area contributed by atoms with Gasteiger partial charge < -0.3 is 10.8 Å². The van der Waals surface area contributed by atoms with Gasteiger partial charge in [-0.15, -0.1) is 9.81 Å². The molecule has 0 aliphatic carbocycles. The zero-order valence-corrected chi connectivity index (χ0v) is 22.9. The molecule has 0 spiro atoms. The number of phenolic OH excluding ortho intramolecular Hbond substituents is 1. The Morgan fingerprint density at radius 2 is 1.38 bits per heavy atom. The fourth-order valence-corrected chi connectivity index (χ4v) is 3.42. The minimum absolute atomic E-state index is 0.00886. The standard InChI is InChI=1S/C14H12N2O3.C9H11NO.C6H6O.C2H6/c1-2-13(17)9-4-3-8-7-12(16-19)11(14(15)18)6-10(8)5-9;1-7(2)8-5-3-4-6-9(8)10-11;7-6-4-2-1-3-5-6;1-2/h3-7H,2H2,1H3,(H2,15,18);3-7H,1-2H3;1-5,7H;1-2H3. The molecule has 0 heterocycles. The molecule has 0 saturated carbocycles. The Morgan fingerprint density at radius 1 is 0.795 bits per heavy atom. The van der Waals surface area contributed by atoms with Crippen LogP contribution in [-0.4, -0.2) is 16.8 Å². The number of amides is 1. The summed E-state index contributed by atoms with van der Waals surface area (Å²) in [6.07, 6.45) is 0.405. The number of aromatic hydroxyl groups is 1. The van der Waals surface area contributed by atoms with Gasteiger partial charge in [0.05, 0.1) is 5.56 Å². The van der Waals surface area contributed by atoms with Crippen molar-refractivity contribution in [3.63, 3.8) is 0 Å². The Morgan fingerprint density at radius 3 is 1.85 bits per heavy atom. The molecule has 0 aromatic heterocycles. The lowest BCUT2D eigenvalue weighted by Gasteiger charge is -2.05. The van der Waals surface area contributed by atoms with E-state index in [-0.39, 0.29) is 17.0 Å². The number of benzene rings is 4. The lowest BCUT2D eigenvalue weighted by Crippen LogP contribution is -2.11. The predicted molar refractivity (Wildman–Crippen MR) is 158 cm³/mol. The first kappa shape index (κ1) is 32.3. The van der Waals surface area contributed by atoms with Crippen molar-refractivity contribution < 1.29 is 14.7 Å². The zero-order valence-electron chi connectivity index (χ0n) is 22.9. The summed E-state index contributed by atoms with van der Waals surface area (Å²) in [7, 11) is 0. The normalized spacial score (nSPS) is 9.59. The molecule has 0 bridgehead atoms. The monoisotopic (exact) mass is 529 g/mol. The second-order valence-electron chi connectivity index (χ2n) is 8.30. The van der Waals surface area contributed by atoms with Crippen molar-refractivity contribution in [1.82, 2.24) is 0 Å². The third-order valence-electron chi connectivity index (χ3n) is 5.38. The van der Waals surface area contributed by atoms with E-state index in [1.807, 2.05) is 52.0 Å². The summed E-state index contributed by atoms with van der Waals surface area (Å²) in [5.41, 5.74) is 7.41. The highest BCUT2D eigenvalue weighted by Crippen LogP contribution is 2.27. The molecule has 8 heteroatoms. The molecule has 3 N–H and O–H groups in total. The van der Waals surface area contributed by atoms with Crippen molar-refractivity contribution in [2.75, 3.05) is 0 Å². The number of phenols is 1. The van der Waals surface area contributed by atoms with Crippen molar-refractivity contribution in [2.45, 2.75) is 47.0 Å². The second-order valence-corrected chi connectivity index (χ2v) is 8.30. The Kier molecular flexibility index (Phi) is 14.0. The van der Waals surface area contributed by atoms with Crippen molar-refractivity contribution in [3.8, 4) is 5.75 Å². The molecule has 0 radical (unpaired) electrons. The number of hydrogen-bond acceptors (Lipinski definition) is 7. The summed E-state index contributed by atoms with van der Waals surface area (Å²) in [5.74, 6) is -0.0183. The Labute approximate surface area is 228 Å². The fourth-order valence-electron chi connectivity index (χ4n) is 3.42. The number of rotatable bonds is 6. The number of para-hydroxylation sites is 1. The average Bonchev–Trinajstić information content (AvgIpc) is 2.97. The maximum Gasteiger partial charge on any atom is 0.251 e. The van der Waals surface area contributed by atoms with Crippen LogP contribution in [0.25, 0.3) is 10.8 Å². The van der Waals surface area contributed by atoms with Gasteiger partial charge in [0.1, 0.15) is 17.1 Å². The summed E-state index contributed by atoms with van der Waals surface area (Å²) in [6, 6.07) is 24.2. The molecule has 0 aliphatic rings. The first-order valence-electron chi connectivity index (χ1n) is 12.6. The number of carbonyl (C=O) groups is 2. The van der Waals surface area contributed by atoms with Crippen LogP contribution in [0, 0.1) is 9.81 Å². The summed E-state index contributed by atoms with van der Waals surface area (Å²) in [6.45, 7) is 9.87. The minimum Gasteiger partial charge on any atom is -0.508 e. The number of fused-ring (bicyclic) bond motifs is 1. The first-order chi connectivity index (χ1) is 18.7. The van der Waals surface area contributed by atoms with Gasteiger partial charge in [0.15, 0.2) is 5.78 Å². The van der Waals surface area contributed by atoms with Gasteiger partial charge in [0.25, 0.3) is 5.91 Å². The van der Waals surface area contributed by atoms with Gasteiger partial charge >= 0.3 is 0 Å². The van der Waals surface area contributed by atoms with Crippen LogP contribution in [0.1, 0.15) is 73.2 Å². The van der Waals surface area contributed by atoms with E-state index in [4.69, 9.17) is 10.8 Å². The van der Waals surface area contributed by atoms with Crippen molar-refractivity contribution in [3.05, 3.63) is 111 Å². The van der Waals surface area contributed by atoms with Crippen LogP contribution in [0.4, 0.5) is 11.4 Å². The quantitative estimate of drug-likeness (QED) is 0.190. The van der Waals surface area contributed by atoms with E-state index in [2.05, 4.69) is 10.4 Å². The topological polar surface area (TPSA) is 139 Å². The third-order valence-corrected chi connectivity index (χ3v) is 5.38. The molecule has 0 saturated heterocycles. The SMILES string of the molecule is CC.CC(C)c1ccccc1N=O.CCC(=O)c1ccc2cc(N=O)c(C(N)=O)cc2c1.Oc1ccccc1. The molecule has 0 fully saturated rings. The van der Waals surface area contributed by atoms with E-state index in [1.165, 1.54) is 12.1 Å². The summed E-state index contributed by atoms with van der Waals surface area (Å²) < 4.78 is 0. The van der Waals surface area contributed by atoms with Crippen LogP contribution in [0.3, 0.4) is 0 Å². The molecule has 4 aromatic rings. The molecule has 0 aliphatic heterocycles. The number of ketones is 1. The highest BCUT2D eigenvalue weighted by atomic mass is 16.3. The fraction of sp³-hybridized carbons (Fsp3) is 0.226. The van der Waals surface area contributed by atoms with Crippen LogP contribution in [0.2, 0.25) is 0 Å². The molecule has 0 atom stereocenters. The van der Waals surface area contributed by atoms with Gasteiger partial charge in [-0.2, -0.15) is 0 Å². The van der Waals surface area contributed by atoms with Crippen molar-refractivity contribution >= 4 is 33.8 Å². The highest BCUT2D eigenvalue weighted by Gasteiger charge is 2.12. The average molecular weight is 530 g/mol. The van der Waals surface area contributed by atoms with Gasteiger partial charge in [0, 0.05) is 12.0 Å². The van der Waals surface area contributed by atoms with Gasteiger partial charge in [-0.1, -0.05) is 83.1 Å². The van der Waals surface area contributed by atoms with Crippen LogP contribution in [-0.2, 0) is 0 Å². The van der Waals surface area contributed by atoms with Crippen LogP contribution < -0.4 is 5.73 Å². The van der Waals surface area contributed by atoms with Gasteiger partial charge in [0.2, 0.25) is 0 Å². The van der Waals surface area contributed by atoms with E-state index in [0.29, 0.717) is 34.7 Å². The summed E-state index contributed by atoms with van der Waals surface area (Å²) in [5, 5.41) is 15.8. The second kappa shape index (κ2) is 16.9. The number of carbonyl (C=O) groups excluding carboxylic acids is 2. The Hall–Kier alpha value is -4.72. The summed E-state index contributed by atoms with van der Waals surface area (Å²) in [4.78, 5) is 43.9. The first-order valence-corrected chi connectivity index (χ1v) is 12.6. The molecular weight excluding hydrogens is 494 g/mol. The van der Waals surface area contributed by atoms with E-state index >= 15 is 0 Å². The smallest absolute Gasteiger partial charge is 0.251 e. The number of nitroso groups, excluding NO2 is 2. The van der Waals surface area contributed by atoms with Crippen LogP contribution in [0.15, 0.2) is 95.3 Å². The Balaban J connectivity index is 0.000000320. The van der Waals surface area contributed by atoms with Gasteiger partial charge in [-0.3, -0.25) is 9.59 Å². The molecule has 39 heavy (non-hydrogen) atoms. The molecule has 8 nitrogen and oxygen atoms in total. The highest BCUT2D eigenvalue weighted by molar-refractivity contribution is 6.05. The maximum absolute atomic E-state index is 11.6. The molecule has 4 aromatic carbocycles. The number of nitrogens with zero attached hydrogens (tertiary/aromatic N) is 2. The van der Waals surface area contributed by atoms with E-state index in [1.54, 1.807) is 55.5 Å². The lowest BCUT2D eigenvalue weighted by atomic mass is 10.00. The lowest BCUT2D eigenvalue weighted by molar-refractivity contribution is 0.0984. The summed E-state index contributed by atoms with van der Waals surface area (Å²) >= 11 is 0. The van der Waals surface area contributed by atoms with Crippen molar-refractivity contribution in [2.24, 2.45) is 16.1 Å². The van der Waals surface area contributed by atoms with Gasteiger partial charge in [-0.05, 0) is 69.0 Å². The third kappa shape index (κ3) is 9.92. The molecule has 204 valence electrons. The molecule has 1 amide bonds. The molecule has 4 rings (SSSR count). The number of nitrogens with two attached hydrogens (primary N) is 1. The Bertz CT molecular complexity index is 1390.